The van der Waals surface area contributed by atoms with Crippen LogP contribution in [0.1, 0.15) is 36.4 Å². The summed E-state index contributed by atoms with van der Waals surface area (Å²) in [4.78, 5) is 21.2. The third-order valence-corrected chi connectivity index (χ3v) is 5.18. The highest BCUT2D eigenvalue weighted by Crippen LogP contribution is 2.32. The number of likely N-dealkylation sites (tertiary alicyclic amines) is 1. The van der Waals surface area contributed by atoms with Crippen LogP contribution in [0.25, 0.3) is 0 Å². The minimum Gasteiger partial charge on any atom is -0.341 e. The first-order valence-electron chi connectivity index (χ1n) is 7.53. The van der Waals surface area contributed by atoms with Crippen LogP contribution in [0.4, 0.5) is 0 Å². The Labute approximate surface area is 124 Å². The van der Waals surface area contributed by atoms with E-state index in [-0.39, 0.29) is 0 Å². The van der Waals surface area contributed by atoms with E-state index in [0.29, 0.717) is 17.9 Å². The monoisotopic (exact) mass is 293 g/mol. The van der Waals surface area contributed by atoms with Gasteiger partial charge in [0, 0.05) is 37.5 Å². The topological polar surface area (TPSA) is 36.4 Å². The molecule has 20 heavy (non-hydrogen) atoms. The number of nitrogens with zero attached hydrogens (tertiary/aromatic N) is 3. The van der Waals surface area contributed by atoms with Gasteiger partial charge >= 0.3 is 0 Å². The number of hydrogen-bond acceptors (Lipinski definition) is 4. The molecule has 1 aromatic rings. The van der Waals surface area contributed by atoms with Gasteiger partial charge in [0.2, 0.25) is 5.91 Å². The van der Waals surface area contributed by atoms with E-state index in [1.54, 1.807) is 11.3 Å². The normalized spacial score (nSPS) is 23.8. The van der Waals surface area contributed by atoms with Crippen LogP contribution in [-0.4, -0.2) is 46.9 Å². The molecule has 1 aliphatic heterocycles. The number of thiazole rings is 1. The Hall–Kier alpha value is -0.940. The fourth-order valence-electron chi connectivity index (χ4n) is 3.00. The fourth-order valence-corrected chi connectivity index (χ4v) is 3.60. The fraction of sp³-hybridized carbons (Fsp3) is 0.733. The lowest BCUT2D eigenvalue weighted by Crippen LogP contribution is -2.48. The maximum absolute atomic E-state index is 12.2. The number of aromatic nitrogens is 1. The maximum atomic E-state index is 12.2. The van der Waals surface area contributed by atoms with Crippen molar-refractivity contribution in [1.29, 1.82) is 0 Å². The van der Waals surface area contributed by atoms with Crippen molar-refractivity contribution in [3.05, 3.63) is 16.1 Å². The van der Waals surface area contributed by atoms with Gasteiger partial charge in [0.15, 0.2) is 0 Å². The third-order valence-electron chi connectivity index (χ3n) is 4.35. The van der Waals surface area contributed by atoms with Crippen LogP contribution >= 0.6 is 11.3 Å². The van der Waals surface area contributed by atoms with Crippen LogP contribution in [0, 0.1) is 12.8 Å². The van der Waals surface area contributed by atoms with Gasteiger partial charge in [0.05, 0.1) is 10.7 Å². The van der Waals surface area contributed by atoms with Gasteiger partial charge in [0.25, 0.3) is 0 Å². The lowest BCUT2D eigenvalue weighted by Gasteiger charge is -2.37. The first-order valence-corrected chi connectivity index (χ1v) is 8.41. The second-order valence-corrected chi connectivity index (χ2v) is 7.17. The van der Waals surface area contributed by atoms with E-state index >= 15 is 0 Å². The standard InChI is InChI=1S/C15H23N3OS/c1-11-16-13(10-20-11)8-18-7-3-4-14(9-18)17(2)15(19)12-5-6-12/h10,12,14H,3-9H2,1-2H3. The summed E-state index contributed by atoms with van der Waals surface area (Å²) < 4.78 is 0. The molecule has 4 nitrogen and oxygen atoms in total. The van der Waals surface area contributed by atoms with Crippen LogP contribution in [-0.2, 0) is 11.3 Å². The largest absolute Gasteiger partial charge is 0.341 e. The number of carbonyl (C=O) groups excluding carboxylic acids is 1. The van der Waals surface area contributed by atoms with E-state index in [2.05, 4.69) is 22.2 Å². The molecule has 2 fully saturated rings. The van der Waals surface area contributed by atoms with Crippen molar-refractivity contribution < 1.29 is 4.79 Å². The van der Waals surface area contributed by atoms with E-state index in [4.69, 9.17) is 0 Å². The van der Waals surface area contributed by atoms with Gasteiger partial charge in [0.1, 0.15) is 0 Å². The molecule has 1 aromatic heterocycles. The van der Waals surface area contributed by atoms with Crippen LogP contribution in [0.15, 0.2) is 5.38 Å². The smallest absolute Gasteiger partial charge is 0.225 e. The minimum atomic E-state index is 0.330. The van der Waals surface area contributed by atoms with Gasteiger partial charge in [-0.25, -0.2) is 4.98 Å². The van der Waals surface area contributed by atoms with Crippen molar-refractivity contribution in [3.63, 3.8) is 0 Å². The first-order chi connectivity index (χ1) is 9.63. The lowest BCUT2D eigenvalue weighted by molar-refractivity contribution is -0.134. The van der Waals surface area contributed by atoms with Crippen molar-refractivity contribution in [1.82, 2.24) is 14.8 Å². The molecule has 2 aliphatic rings. The zero-order chi connectivity index (χ0) is 14.1. The molecule has 1 unspecified atom stereocenters. The summed E-state index contributed by atoms with van der Waals surface area (Å²) in [7, 11) is 1.99. The number of piperidine rings is 1. The number of rotatable bonds is 4. The number of amides is 1. The average Bonchev–Trinajstić information content (AvgIpc) is 3.22. The maximum Gasteiger partial charge on any atom is 0.225 e. The van der Waals surface area contributed by atoms with E-state index < -0.39 is 0 Å². The highest BCUT2D eigenvalue weighted by molar-refractivity contribution is 7.09. The first kappa shape index (κ1) is 14.0. The van der Waals surface area contributed by atoms with Gasteiger partial charge in [-0.1, -0.05) is 0 Å². The van der Waals surface area contributed by atoms with Crippen LogP contribution in [0.3, 0.4) is 0 Å². The van der Waals surface area contributed by atoms with Gasteiger partial charge in [-0.3, -0.25) is 9.69 Å². The van der Waals surface area contributed by atoms with Gasteiger partial charge in [-0.2, -0.15) is 0 Å². The Morgan fingerprint density at radius 2 is 2.30 bits per heavy atom. The molecule has 0 bridgehead atoms. The van der Waals surface area contributed by atoms with Crippen molar-refractivity contribution >= 4 is 17.2 Å². The molecule has 0 N–H and O–H groups in total. The van der Waals surface area contributed by atoms with Crippen LogP contribution in [0.5, 0.6) is 0 Å². The van der Waals surface area contributed by atoms with Crippen molar-refractivity contribution in [3.8, 4) is 0 Å². The molecule has 0 spiro atoms. The highest BCUT2D eigenvalue weighted by Gasteiger charge is 2.35. The Morgan fingerprint density at radius 3 is 2.95 bits per heavy atom. The number of aryl methyl sites for hydroxylation is 1. The van der Waals surface area contributed by atoms with E-state index in [1.807, 2.05) is 11.9 Å². The van der Waals surface area contributed by atoms with Crippen LogP contribution < -0.4 is 0 Å². The van der Waals surface area contributed by atoms with Gasteiger partial charge in [-0.15, -0.1) is 11.3 Å². The predicted octanol–water partition coefficient (Wildman–Crippen LogP) is 2.28. The van der Waals surface area contributed by atoms with Crippen LogP contribution in [0.2, 0.25) is 0 Å². The van der Waals surface area contributed by atoms with Crippen molar-refractivity contribution in [2.75, 3.05) is 20.1 Å². The number of likely N-dealkylation sites (N-methyl/N-ethyl adjacent to an activating group) is 1. The van der Waals surface area contributed by atoms with E-state index in [1.165, 1.54) is 12.1 Å². The Bertz CT molecular complexity index is 483. The van der Waals surface area contributed by atoms with Gasteiger partial charge < -0.3 is 4.90 Å². The Morgan fingerprint density at radius 1 is 1.50 bits per heavy atom. The molecule has 1 aliphatic carbocycles. The summed E-state index contributed by atoms with van der Waals surface area (Å²) in [5, 5.41) is 3.28. The summed E-state index contributed by atoms with van der Waals surface area (Å²) >= 11 is 1.71. The molecular formula is C15H23N3OS. The lowest BCUT2D eigenvalue weighted by atomic mass is 10.0. The zero-order valence-corrected chi connectivity index (χ0v) is 13.2. The molecule has 0 aromatic carbocycles. The molecule has 1 saturated heterocycles. The average molecular weight is 293 g/mol. The van der Waals surface area contributed by atoms with E-state index in [9.17, 15) is 4.79 Å². The second-order valence-electron chi connectivity index (χ2n) is 6.11. The predicted molar refractivity (Wildman–Crippen MR) is 80.6 cm³/mol. The van der Waals surface area contributed by atoms with E-state index in [0.717, 1.165) is 43.9 Å². The second kappa shape index (κ2) is 5.82. The molecule has 1 saturated carbocycles. The quantitative estimate of drug-likeness (QED) is 0.854. The third kappa shape index (κ3) is 3.20. The summed E-state index contributed by atoms with van der Waals surface area (Å²) in [6, 6.07) is 0.386. The summed E-state index contributed by atoms with van der Waals surface area (Å²) in [6.07, 6.45) is 4.51. The molecule has 1 atom stereocenters. The van der Waals surface area contributed by atoms with Crippen molar-refractivity contribution in [2.45, 2.75) is 45.2 Å². The Kier molecular flexibility index (Phi) is 4.08. The highest BCUT2D eigenvalue weighted by atomic mass is 32.1. The van der Waals surface area contributed by atoms with Gasteiger partial charge in [-0.05, 0) is 39.2 Å². The summed E-state index contributed by atoms with van der Waals surface area (Å²) in [6.45, 7) is 5.09. The molecule has 5 heteroatoms. The SMILES string of the molecule is Cc1nc(CN2CCCC(N(C)C(=O)C3CC3)C2)cs1. The molecular weight excluding hydrogens is 270 g/mol. The molecule has 1 amide bonds. The Balaban J connectivity index is 1.56. The van der Waals surface area contributed by atoms with Crippen molar-refractivity contribution in [2.24, 2.45) is 5.92 Å². The zero-order valence-electron chi connectivity index (χ0n) is 12.3. The molecule has 0 radical (unpaired) electrons. The molecule has 3 rings (SSSR count). The number of carbonyl (C=O) groups is 1. The summed E-state index contributed by atoms with van der Waals surface area (Å²) in [5.41, 5.74) is 1.17. The summed E-state index contributed by atoms with van der Waals surface area (Å²) in [5.74, 6) is 0.693. The minimum absolute atomic E-state index is 0.330. The molecule has 2 heterocycles. The number of hydrogen-bond donors (Lipinski definition) is 0. The molecule has 110 valence electrons.